The van der Waals surface area contributed by atoms with Crippen molar-refractivity contribution in [2.75, 3.05) is 26.8 Å². The smallest absolute Gasteiger partial charge is 0.261 e. The van der Waals surface area contributed by atoms with E-state index in [0.29, 0.717) is 36.1 Å². The fraction of sp³-hybridized carbons (Fsp3) is 0.300. The Bertz CT molecular complexity index is 1110. The first kappa shape index (κ1) is 20.5. The summed E-state index contributed by atoms with van der Waals surface area (Å²) in [6.45, 7) is 0.867. The van der Waals surface area contributed by atoms with Gasteiger partial charge in [0.15, 0.2) is 5.82 Å². The van der Waals surface area contributed by atoms with Gasteiger partial charge in [-0.05, 0) is 36.4 Å². The summed E-state index contributed by atoms with van der Waals surface area (Å²) in [5.74, 6) is 0.902. The summed E-state index contributed by atoms with van der Waals surface area (Å²) in [6, 6.07) is 12.0. The first-order valence-corrected chi connectivity index (χ1v) is 10.7. The topological polar surface area (TPSA) is 94.8 Å². The Morgan fingerprint density at radius 1 is 1.17 bits per heavy atom. The van der Waals surface area contributed by atoms with Crippen LogP contribution in [0.25, 0.3) is 11.5 Å². The van der Waals surface area contributed by atoms with Gasteiger partial charge in [-0.3, -0.25) is 0 Å². The van der Waals surface area contributed by atoms with Gasteiger partial charge >= 0.3 is 0 Å². The van der Waals surface area contributed by atoms with Crippen molar-refractivity contribution in [2.24, 2.45) is 0 Å². The van der Waals surface area contributed by atoms with Crippen LogP contribution >= 0.6 is 0 Å². The first-order valence-electron chi connectivity index (χ1n) is 9.30. The highest BCUT2D eigenvalue weighted by Crippen LogP contribution is 2.32. The number of rotatable bonds is 8. The lowest BCUT2D eigenvalue weighted by atomic mass is 10.2. The second-order valence-electron chi connectivity index (χ2n) is 6.77. The quantitative estimate of drug-likeness (QED) is 0.539. The lowest BCUT2D eigenvalue weighted by Crippen LogP contribution is -2.55. The highest BCUT2D eigenvalue weighted by atomic mass is 32.2. The SMILES string of the molecule is COCCc1noc(-c2ccccc2OC2CN(S(=O)(=O)c3ccc(F)cc3)C2)n1. The van der Waals surface area contributed by atoms with Crippen LogP contribution in [-0.4, -0.2) is 55.8 Å². The number of halogens is 1. The summed E-state index contributed by atoms with van der Waals surface area (Å²) >= 11 is 0. The standard InChI is InChI=1S/C20H20FN3O5S/c1-27-11-10-19-22-20(29-23-19)17-4-2-3-5-18(17)28-15-12-24(13-15)30(25,26)16-8-6-14(21)7-9-16/h2-9,15H,10-13H2,1H3. The third-order valence-electron chi connectivity index (χ3n) is 4.67. The number of para-hydroxylation sites is 1. The van der Waals surface area contributed by atoms with E-state index in [2.05, 4.69) is 10.1 Å². The monoisotopic (exact) mass is 433 g/mol. The van der Waals surface area contributed by atoms with Crippen molar-refractivity contribution in [3.63, 3.8) is 0 Å². The molecule has 0 atom stereocenters. The number of benzene rings is 2. The van der Waals surface area contributed by atoms with E-state index in [1.54, 1.807) is 19.2 Å². The summed E-state index contributed by atoms with van der Waals surface area (Å²) < 4.78 is 55.9. The molecule has 10 heteroatoms. The van der Waals surface area contributed by atoms with Gasteiger partial charge in [0.2, 0.25) is 10.0 Å². The Morgan fingerprint density at radius 2 is 1.90 bits per heavy atom. The van der Waals surface area contributed by atoms with Gasteiger partial charge in [0.05, 0.1) is 30.2 Å². The molecule has 1 saturated heterocycles. The van der Waals surface area contributed by atoms with Crippen LogP contribution in [0.2, 0.25) is 0 Å². The molecule has 4 rings (SSSR count). The van der Waals surface area contributed by atoms with Gasteiger partial charge in [0.1, 0.15) is 17.7 Å². The minimum absolute atomic E-state index is 0.0530. The number of sulfonamides is 1. The van der Waals surface area contributed by atoms with Crippen molar-refractivity contribution >= 4 is 10.0 Å². The molecule has 0 saturated carbocycles. The molecular weight excluding hydrogens is 413 g/mol. The summed E-state index contributed by atoms with van der Waals surface area (Å²) in [7, 11) is -2.08. The highest BCUT2D eigenvalue weighted by molar-refractivity contribution is 7.89. The minimum atomic E-state index is -3.68. The molecule has 1 fully saturated rings. The predicted octanol–water partition coefficient (Wildman–Crippen LogP) is 2.52. The molecule has 30 heavy (non-hydrogen) atoms. The zero-order valence-electron chi connectivity index (χ0n) is 16.2. The largest absolute Gasteiger partial charge is 0.487 e. The molecule has 158 valence electrons. The lowest BCUT2D eigenvalue weighted by molar-refractivity contribution is 0.0765. The Morgan fingerprint density at radius 3 is 2.63 bits per heavy atom. The average Bonchev–Trinajstić information content (AvgIpc) is 3.18. The van der Waals surface area contributed by atoms with E-state index in [4.69, 9.17) is 14.0 Å². The number of ether oxygens (including phenoxy) is 2. The van der Waals surface area contributed by atoms with Crippen LogP contribution in [0.5, 0.6) is 5.75 Å². The second kappa shape index (κ2) is 8.50. The number of methoxy groups -OCH3 is 1. The summed E-state index contributed by atoms with van der Waals surface area (Å²) in [4.78, 5) is 4.41. The molecular formula is C20H20FN3O5S. The van der Waals surface area contributed by atoms with Crippen molar-refractivity contribution in [1.82, 2.24) is 14.4 Å². The summed E-state index contributed by atoms with van der Waals surface area (Å²) in [5.41, 5.74) is 0.633. The van der Waals surface area contributed by atoms with Crippen LogP contribution in [0.3, 0.4) is 0 Å². The van der Waals surface area contributed by atoms with Gasteiger partial charge in [-0.1, -0.05) is 17.3 Å². The maximum atomic E-state index is 13.1. The lowest BCUT2D eigenvalue weighted by Gasteiger charge is -2.38. The van der Waals surface area contributed by atoms with Crippen molar-refractivity contribution in [3.05, 3.63) is 60.2 Å². The van der Waals surface area contributed by atoms with E-state index in [0.717, 1.165) is 12.1 Å². The van der Waals surface area contributed by atoms with Gasteiger partial charge in [-0.2, -0.15) is 9.29 Å². The van der Waals surface area contributed by atoms with Crippen molar-refractivity contribution in [3.8, 4) is 17.2 Å². The van der Waals surface area contributed by atoms with E-state index in [1.165, 1.54) is 16.4 Å². The molecule has 0 radical (unpaired) electrons. The molecule has 1 aliphatic rings. The second-order valence-corrected chi connectivity index (χ2v) is 8.71. The van der Waals surface area contributed by atoms with Gasteiger partial charge < -0.3 is 14.0 Å². The summed E-state index contributed by atoms with van der Waals surface area (Å²) in [6.07, 6.45) is 0.208. The molecule has 2 aromatic carbocycles. The minimum Gasteiger partial charge on any atom is -0.487 e. The molecule has 0 N–H and O–H groups in total. The fourth-order valence-electron chi connectivity index (χ4n) is 3.01. The van der Waals surface area contributed by atoms with Crippen molar-refractivity contribution in [2.45, 2.75) is 17.4 Å². The Balaban J connectivity index is 1.43. The van der Waals surface area contributed by atoms with E-state index in [9.17, 15) is 12.8 Å². The van der Waals surface area contributed by atoms with Crippen LogP contribution in [0.4, 0.5) is 4.39 Å². The maximum absolute atomic E-state index is 13.1. The van der Waals surface area contributed by atoms with Gasteiger partial charge in [-0.15, -0.1) is 0 Å². The molecule has 0 amide bonds. The molecule has 2 heterocycles. The van der Waals surface area contributed by atoms with Crippen LogP contribution < -0.4 is 4.74 Å². The van der Waals surface area contributed by atoms with E-state index < -0.39 is 15.8 Å². The van der Waals surface area contributed by atoms with Gasteiger partial charge in [-0.25, -0.2) is 12.8 Å². The number of hydrogen-bond acceptors (Lipinski definition) is 7. The maximum Gasteiger partial charge on any atom is 0.261 e. The van der Waals surface area contributed by atoms with E-state index >= 15 is 0 Å². The predicted molar refractivity (Wildman–Crippen MR) is 105 cm³/mol. The average molecular weight is 433 g/mol. The van der Waals surface area contributed by atoms with E-state index in [1.807, 2.05) is 12.1 Å². The Labute approximate surface area is 173 Å². The first-order chi connectivity index (χ1) is 14.5. The Kier molecular flexibility index (Phi) is 5.80. The molecule has 0 unspecified atom stereocenters. The van der Waals surface area contributed by atoms with E-state index in [-0.39, 0.29) is 24.1 Å². The zero-order valence-corrected chi connectivity index (χ0v) is 17.0. The van der Waals surface area contributed by atoms with Gasteiger partial charge in [0.25, 0.3) is 5.89 Å². The molecule has 0 bridgehead atoms. The highest BCUT2D eigenvalue weighted by Gasteiger charge is 2.38. The van der Waals surface area contributed by atoms with Crippen LogP contribution in [-0.2, 0) is 21.2 Å². The molecule has 3 aromatic rings. The van der Waals surface area contributed by atoms with Gasteiger partial charge in [0, 0.05) is 13.5 Å². The number of nitrogens with zero attached hydrogens (tertiary/aromatic N) is 3. The summed E-state index contributed by atoms with van der Waals surface area (Å²) in [5, 5.41) is 3.93. The third-order valence-corrected chi connectivity index (χ3v) is 6.52. The molecule has 0 spiro atoms. The normalized spacial score (nSPS) is 15.1. The van der Waals surface area contributed by atoms with Crippen molar-refractivity contribution in [1.29, 1.82) is 0 Å². The molecule has 1 aliphatic heterocycles. The Hall–Kier alpha value is -2.82. The molecule has 0 aliphatic carbocycles. The molecule has 1 aromatic heterocycles. The third kappa shape index (κ3) is 4.20. The number of hydrogen-bond donors (Lipinski definition) is 0. The molecule has 8 nitrogen and oxygen atoms in total. The zero-order chi connectivity index (χ0) is 21.1. The number of aromatic nitrogens is 2. The van der Waals surface area contributed by atoms with Crippen LogP contribution in [0.1, 0.15) is 5.82 Å². The van der Waals surface area contributed by atoms with Crippen LogP contribution in [0.15, 0.2) is 57.9 Å². The van der Waals surface area contributed by atoms with Crippen molar-refractivity contribution < 1.29 is 26.8 Å². The fourth-order valence-corrected chi connectivity index (χ4v) is 4.51. The van der Waals surface area contributed by atoms with Crippen LogP contribution in [0, 0.1) is 5.82 Å².